The summed E-state index contributed by atoms with van der Waals surface area (Å²) in [6.07, 6.45) is 3.64. The highest BCUT2D eigenvalue weighted by Crippen LogP contribution is 2.25. The fourth-order valence-corrected chi connectivity index (χ4v) is 2.92. The van der Waals surface area contributed by atoms with Gasteiger partial charge in [-0.2, -0.15) is 0 Å². The molecule has 2 aliphatic rings. The molecule has 2 saturated heterocycles. The third-order valence-electron chi connectivity index (χ3n) is 4.11. The Hall–Kier alpha value is -2.05. The minimum absolute atomic E-state index is 0.0751. The number of amides is 3. The Morgan fingerprint density at radius 2 is 2.29 bits per heavy atom. The van der Waals surface area contributed by atoms with Gasteiger partial charge in [-0.3, -0.25) is 4.79 Å². The van der Waals surface area contributed by atoms with Gasteiger partial charge in [0, 0.05) is 25.6 Å². The standard InChI is InChI=1S/C14H21N3O4/c1-2-3-11(13(19)20)16-14(21)17-7-6-10-9(8-17)4-5-12(18)15-10/h2,9-11H,1,3-8H2,(H,15,18)(H,16,21)(H,19,20). The van der Waals surface area contributed by atoms with Gasteiger partial charge in [0.2, 0.25) is 5.91 Å². The monoisotopic (exact) mass is 295 g/mol. The molecule has 7 heteroatoms. The first-order chi connectivity index (χ1) is 10.0. The van der Waals surface area contributed by atoms with Crippen molar-refractivity contribution in [1.82, 2.24) is 15.5 Å². The highest BCUT2D eigenvalue weighted by molar-refractivity contribution is 5.83. The molecular formula is C14H21N3O4. The second-order valence-corrected chi connectivity index (χ2v) is 5.57. The third kappa shape index (κ3) is 3.74. The number of carboxylic acids is 1. The van der Waals surface area contributed by atoms with Crippen LogP contribution in [0.25, 0.3) is 0 Å². The van der Waals surface area contributed by atoms with Crippen molar-refractivity contribution in [2.75, 3.05) is 13.1 Å². The number of carbonyl (C=O) groups excluding carboxylic acids is 2. The predicted molar refractivity (Wildman–Crippen MR) is 75.6 cm³/mol. The van der Waals surface area contributed by atoms with Gasteiger partial charge in [-0.1, -0.05) is 6.08 Å². The first-order valence-corrected chi connectivity index (χ1v) is 7.19. The molecular weight excluding hydrogens is 274 g/mol. The Morgan fingerprint density at radius 1 is 1.52 bits per heavy atom. The van der Waals surface area contributed by atoms with E-state index in [1.807, 2.05) is 0 Å². The van der Waals surface area contributed by atoms with Crippen molar-refractivity contribution >= 4 is 17.9 Å². The fourth-order valence-electron chi connectivity index (χ4n) is 2.92. The van der Waals surface area contributed by atoms with Crippen molar-refractivity contribution in [2.45, 2.75) is 37.8 Å². The summed E-state index contributed by atoms with van der Waals surface area (Å²) in [5.74, 6) is -0.737. The number of hydrogen-bond donors (Lipinski definition) is 3. The van der Waals surface area contributed by atoms with Crippen LogP contribution < -0.4 is 10.6 Å². The summed E-state index contributed by atoms with van der Waals surface area (Å²) < 4.78 is 0. The van der Waals surface area contributed by atoms with Crippen LogP contribution in [0.4, 0.5) is 4.79 Å². The maximum absolute atomic E-state index is 12.2. The lowest BCUT2D eigenvalue weighted by Crippen LogP contribution is -2.57. The van der Waals surface area contributed by atoms with Gasteiger partial charge >= 0.3 is 12.0 Å². The summed E-state index contributed by atoms with van der Waals surface area (Å²) >= 11 is 0. The molecule has 2 heterocycles. The lowest BCUT2D eigenvalue weighted by molar-refractivity contribution is -0.139. The van der Waals surface area contributed by atoms with E-state index in [2.05, 4.69) is 17.2 Å². The number of carbonyl (C=O) groups is 3. The van der Waals surface area contributed by atoms with Crippen molar-refractivity contribution in [3.8, 4) is 0 Å². The second-order valence-electron chi connectivity index (χ2n) is 5.57. The molecule has 0 aromatic rings. The van der Waals surface area contributed by atoms with Crippen LogP contribution in [0.3, 0.4) is 0 Å². The number of likely N-dealkylation sites (tertiary alicyclic amines) is 1. The van der Waals surface area contributed by atoms with Gasteiger partial charge in [-0.05, 0) is 25.2 Å². The van der Waals surface area contributed by atoms with Gasteiger partial charge in [-0.25, -0.2) is 9.59 Å². The van der Waals surface area contributed by atoms with Crippen molar-refractivity contribution in [3.63, 3.8) is 0 Å². The normalized spacial score (nSPS) is 26.3. The van der Waals surface area contributed by atoms with Gasteiger partial charge in [-0.15, -0.1) is 6.58 Å². The minimum atomic E-state index is -1.07. The number of fused-ring (bicyclic) bond motifs is 1. The van der Waals surface area contributed by atoms with E-state index in [1.165, 1.54) is 6.08 Å². The molecule has 3 N–H and O–H groups in total. The maximum Gasteiger partial charge on any atom is 0.326 e. The molecule has 2 fully saturated rings. The quantitative estimate of drug-likeness (QED) is 0.651. The zero-order valence-corrected chi connectivity index (χ0v) is 11.9. The molecule has 0 aromatic heterocycles. The molecule has 0 aliphatic carbocycles. The molecule has 3 atom stereocenters. The van der Waals surface area contributed by atoms with Crippen LogP contribution in [0.1, 0.15) is 25.7 Å². The zero-order chi connectivity index (χ0) is 15.4. The Balaban J connectivity index is 1.90. The van der Waals surface area contributed by atoms with Crippen molar-refractivity contribution < 1.29 is 19.5 Å². The van der Waals surface area contributed by atoms with E-state index in [9.17, 15) is 14.4 Å². The summed E-state index contributed by atoms with van der Waals surface area (Å²) in [6.45, 7) is 4.57. The molecule has 0 radical (unpaired) electrons. The maximum atomic E-state index is 12.2. The van der Waals surface area contributed by atoms with Crippen LogP contribution in [0.5, 0.6) is 0 Å². The summed E-state index contributed by atoms with van der Waals surface area (Å²) in [7, 11) is 0. The summed E-state index contributed by atoms with van der Waals surface area (Å²) in [6, 6.07) is -1.17. The lowest BCUT2D eigenvalue weighted by Gasteiger charge is -2.41. The van der Waals surface area contributed by atoms with E-state index < -0.39 is 12.0 Å². The van der Waals surface area contributed by atoms with E-state index in [-0.39, 0.29) is 30.3 Å². The van der Waals surface area contributed by atoms with Crippen LogP contribution >= 0.6 is 0 Å². The topological polar surface area (TPSA) is 98.7 Å². The molecule has 21 heavy (non-hydrogen) atoms. The third-order valence-corrected chi connectivity index (χ3v) is 4.11. The molecule has 3 amide bonds. The highest BCUT2D eigenvalue weighted by atomic mass is 16.4. The average molecular weight is 295 g/mol. The van der Waals surface area contributed by atoms with Crippen molar-refractivity contribution in [3.05, 3.63) is 12.7 Å². The number of aliphatic carboxylic acids is 1. The summed E-state index contributed by atoms with van der Waals surface area (Å²) in [4.78, 5) is 36.2. The first-order valence-electron chi connectivity index (χ1n) is 7.19. The Morgan fingerprint density at radius 3 is 2.95 bits per heavy atom. The van der Waals surface area contributed by atoms with Gasteiger partial charge in [0.1, 0.15) is 6.04 Å². The van der Waals surface area contributed by atoms with Crippen LogP contribution in [0.15, 0.2) is 12.7 Å². The molecule has 7 nitrogen and oxygen atoms in total. The molecule has 0 bridgehead atoms. The molecule has 0 saturated carbocycles. The Bertz CT molecular complexity index is 452. The fraction of sp³-hybridized carbons (Fsp3) is 0.643. The molecule has 2 rings (SSSR count). The zero-order valence-electron chi connectivity index (χ0n) is 11.9. The van der Waals surface area contributed by atoms with E-state index in [4.69, 9.17) is 5.11 Å². The predicted octanol–water partition coefficient (Wildman–Crippen LogP) is 0.326. The van der Waals surface area contributed by atoms with Gasteiger partial charge in [0.15, 0.2) is 0 Å². The van der Waals surface area contributed by atoms with E-state index in [1.54, 1.807) is 4.90 Å². The Labute approximate surface area is 123 Å². The highest BCUT2D eigenvalue weighted by Gasteiger charge is 2.35. The number of urea groups is 1. The number of nitrogens with one attached hydrogen (secondary N) is 2. The number of rotatable bonds is 4. The molecule has 0 spiro atoms. The smallest absolute Gasteiger partial charge is 0.326 e. The van der Waals surface area contributed by atoms with Gasteiger partial charge in [0.25, 0.3) is 0 Å². The lowest BCUT2D eigenvalue weighted by atomic mass is 9.85. The first kappa shape index (κ1) is 15.3. The molecule has 2 aliphatic heterocycles. The van der Waals surface area contributed by atoms with Crippen LogP contribution in [-0.4, -0.2) is 53.1 Å². The number of carboxylic acid groups (broad SMARTS) is 1. The van der Waals surface area contributed by atoms with Gasteiger partial charge in [0.05, 0.1) is 0 Å². The molecule has 0 aromatic carbocycles. The van der Waals surface area contributed by atoms with Crippen LogP contribution in [0.2, 0.25) is 0 Å². The minimum Gasteiger partial charge on any atom is -0.480 e. The van der Waals surface area contributed by atoms with Crippen molar-refractivity contribution in [1.29, 1.82) is 0 Å². The Kier molecular flexibility index (Phi) is 4.82. The van der Waals surface area contributed by atoms with Crippen LogP contribution in [0, 0.1) is 5.92 Å². The molecule has 116 valence electrons. The van der Waals surface area contributed by atoms with E-state index in [0.717, 1.165) is 6.42 Å². The van der Waals surface area contributed by atoms with E-state index >= 15 is 0 Å². The second kappa shape index (κ2) is 6.60. The summed E-state index contributed by atoms with van der Waals surface area (Å²) in [5, 5.41) is 14.5. The van der Waals surface area contributed by atoms with Gasteiger partial charge < -0.3 is 20.6 Å². The molecule has 3 unspecified atom stereocenters. The van der Waals surface area contributed by atoms with Crippen LogP contribution in [-0.2, 0) is 9.59 Å². The largest absolute Gasteiger partial charge is 0.480 e. The number of hydrogen-bond acceptors (Lipinski definition) is 3. The number of nitrogens with zero attached hydrogens (tertiary/aromatic N) is 1. The summed E-state index contributed by atoms with van der Waals surface area (Å²) in [5.41, 5.74) is 0. The van der Waals surface area contributed by atoms with Crippen molar-refractivity contribution in [2.24, 2.45) is 5.92 Å². The number of piperidine rings is 2. The SMILES string of the molecule is C=CCC(NC(=O)N1CCC2NC(=O)CCC2C1)C(=O)O. The van der Waals surface area contributed by atoms with E-state index in [0.29, 0.717) is 25.9 Å². The average Bonchev–Trinajstić information content (AvgIpc) is 2.45.